The zero-order valence-electron chi connectivity index (χ0n) is 17.6. The van der Waals surface area contributed by atoms with Crippen molar-refractivity contribution in [3.05, 3.63) is 80.5 Å². The molecule has 0 spiro atoms. The smallest absolute Gasteiger partial charge is 0.332 e. The van der Waals surface area contributed by atoms with Gasteiger partial charge in [0.1, 0.15) is 0 Å². The second kappa shape index (κ2) is 8.42. The molecule has 0 saturated heterocycles. The molecule has 32 heavy (non-hydrogen) atoms. The lowest BCUT2D eigenvalue weighted by Crippen LogP contribution is -2.37. The van der Waals surface area contributed by atoms with Crippen LogP contribution < -0.4 is 16.7 Å². The largest absolute Gasteiger partial charge is 0.504 e. The number of aromatic hydroxyl groups is 2. The van der Waals surface area contributed by atoms with Crippen molar-refractivity contribution < 1.29 is 10.2 Å². The summed E-state index contributed by atoms with van der Waals surface area (Å²) in [5, 5.41) is 23.2. The standard InChI is InChI=1S/C22H22N6O4/c1-26-19-18(20(31)27(2)22(26)32)28(11-10-14-6-4-3-5-7-14)21(24-19)25-23-13-15-8-9-16(29)17(30)12-15/h3-9,12-13,29-30H,10-11H2,1-2H3,(H,24,25)/b23-13+. The monoisotopic (exact) mass is 434 g/mol. The number of hydrogen-bond acceptors (Lipinski definition) is 7. The van der Waals surface area contributed by atoms with Crippen molar-refractivity contribution in [3.63, 3.8) is 0 Å². The summed E-state index contributed by atoms with van der Waals surface area (Å²) in [6.45, 7) is 0.436. The zero-order chi connectivity index (χ0) is 22.8. The predicted octanol–water partition coefficient (Wildman–Crippen LogP) is 1.53. The molecule has 10 heteroatoms. The number of rotatable bonds is 6. The maximum atomic E-state index is 12.9. The molecule has 0 unspecified atom stereocenters. The summed E-state index contributed by atoms with van der Waals surface area (Å²) in [7, 11) is 2.99. The SMILES string of the molecule is Cn1c(=O)c2c(nc(N/N=C/c3ccc(O)c(O)c3)n2CCc2ccccc2)n(C)c1=O. The molecule has 2 aromatic carbocycles. The van der Waals surface area contributed by atoms with Gasteiger partial charge in [0.2, 0.25) is 5.95 Å². The third kappa shape index (κ3) is 3.85. The Morgan fingerprint density at radius 3 is 2.50 bits per heavy atom. The molecule has 3 N–H and O–H groups in total. The lowest BCUT2D eigenvalue weighted by Gasteiger charge is -2.09. The molecule has 4 aromatic rings. The number of nitrogens with one attached hydrogen (secondary N) is 1. The molecule has 0 aliphatic heterocycles. The van der Waals surface area contributed by atoms with Crippen LogP contribution in [0.15, 0.2) is 63.2 Å². The van der Waals surface area contributed by atoms with E-state index in [4.69, 9.17) is 0 Å². The van der Waals surface area contributed by atoms with Gasteiger partial charge in [0.05, 0.1) is 6.21 Å². The molecule has 0 saturated carbocycles. The summed E-state index contributed by atoms with van der Waals surface area (Å²) >= 11 is 0. The molecule has 0 atom stereocenters. The van der Waals surface area contributed by atoms with Crippen LogP contribution in [-0.2, 0) is 27.1 Å². The molecule has 2 heterocycles. The summed E-state index contributed by atoms with van der Waals surface area (Å²) in [5.74, 6) is -0.189. The first kappa shape index (κ1) is 20.9. The number of phenolic OH excluding ortho intramolecular Hbond substituents is 2. The highest BCUT2D eigenvalue weighted by Crippen LogP contribution is 2.24. The van der Waals surface area contributed by atoms with Gasteiger partial charge in [0.15, 0.2) is 22.7 Å². The molecule has 0 aliphatic carbocycles. The molecule has 0 bridgehead atoms. The van der Waals surface area contributed by atoms with Gasteiger partial charge in [-0.3, -0.25) is 13.9 Å². The topological polar surface area (TPSA) is 127 Å². The number of aromatic nitrogens is 4. The second-order valence-corrected chi connectivity index (χ2v) is 7.32. The van der Waals surface area contributed by atoms with Gasteiger partial charge < -0.3 is 14.8 Å². The summed E-state index contributed by atoms with van der Waals surface area (Å²) in [6, 6.07) is 14.1. The summed E-state index contributed by atoms with van der Waals surface area (Å²) in [5.41, 5.74) is 4.11. The average Bonchev–Trinajstić information content (AvgIpc) is 3.16. The zero-order valence-corrected chi connectivity index (χ0v) is 17.6. The van der Waals surface area contributed by atoms with Crippen LogP contribution in [0.5, 0.6) is 11.5 Å². The van der Waals surface area contributed by atoms with E-state index in [1.165, 1.54) is 30.0 Å². The van der Waals surface area contributed by atoms with E-state index < -0.39 is 11.2 Å². The van der Waals surface area contributed by atoms with Crippen LogP contribution in [0.2, 0.25) is 0 Å². The van der Waals surface area contributed by atoms with Crippen molar-refractivity contribution in [1.82, 2.24) is 18.7 Å². The molecular weight excluding hydrogens is 412 g/mol. The highest BCUT2D eigenvalue weighted by atomic mass is 16.3. The fraction of sp³-hybridized carbons (Fsp3) is 0.182. The maximum Gasteiger partial charge on any atom is 0.332 e. The van der Waals surface area contributed by atoms with Crippen LogP contribution in [0.3, 0.4) is 0 Å². The minimum atomic E-state index is -0.468. The third-order valence-corrected chi connectivity index (χ3v) is 5.19. The molecule has 0 aliphatic rings. The van der Waals surface area contributed by atoms with Crippen LogP contribution in [0, 0.1) is 0 Å². The number of fused-ring (bicyclic) bond motifs is 1. The van der Waals surface area contributed by atoms with E-state index in [0.29, 0.717) is 30.0 Å². The number of anilines is 1. The fourth-order valence-electron chi connectivity index (χ4n) is 3.42. The van der Waals surface area contributed by atoms with Gasteiger partial charge in [-0.15, -0.1) is 0 Å². The Balaban J connectivity index is 1.74. The fourth-order valence-corrected chi connectivity index (χ4v) is 3.42. The Kier molecular flexibility index (Phi) is 5.50. The van der Waals surface area contributed by atoms with E-state index in [1.54, 1.807) is 17.7 Å². The Morgan fingerprint density at radius 1 is 1.03 bits per heavy atom. The van der Waals surface area contributed by atoms with E-state index in [-0.39, 0.29) is 17.1 Å². The van der Waals surface area contributed by atoms with Gasteiger partial charge >= 0.3 is 5.69 Å². The van der Waals surface area contributed by atoms with Crippen molar-refractivity contribution in [1.29, 1.82) is 0 Å². The predicted molar refractivity (Wildman–Crippen MR) is 121 cm³/mol. The molecular formula is C22H22N6O4. The van der Waals surface area contributed by atoms with Gasteiger partial charge in [-0.2, -0.15) is 10.1 Å². The lowest BCUT2D eigenvalue weighted by molar-refractivity contribution is 0.403. The maximum absolute atomic E-state index is 12.9. The first-order valence-electron chi connectivity index (χ1n) is 9.88. The van der Waals surface area contributed by atoms with Crippen molar-refractivity contribution in [2.75, 3.05) is 5.43 Å². The van der Waals surface area contributed by atoms with E-state index in [1.807, 2.05) is 30.3 Å². The van der Waals surface area contributed by atoms with Crippen molar-refractivity contribution in [2.45, 2.75) is 13.0 Å². The van der Waals surface area contributed by atoms with Crippen molar-refractivity contribution >= 4 is 23.3 Å². The van der Waals surface area contributed by atoms with E-state index in [0.717, 1.165) is 10.1 Å². The molecule has 0 amide bonds. The highest BCUT2D eigenvalue weighted by Gasteiger charge is 2.19. The van der Waals surface area contributed by atoms with Gasteiger partial charge in [0.25, 0.3) is 5.56 Å². The van der Waals surface area contributed by atoms with Gasteiger partial charge in [0, 0.05) is 20.6 Å². The minimum absolute atomic E-state index is 0.227. The molecule has 10 nitrogen and oxygen atoms in total. The lowest BCUT2D eigenvalue weighted by atomic mass is 10.1. The van der Waals surface area contributed by atoms with E-state index in [9.17, 15) is 19.8 Å². The molecule has 0 radical (unpaired) electrons. The number of benzene rings is 2. The van der Waals surface area contributed by atoms with Crippen molar-refractivity contribution in [3.8, 4) is 11.5 Å². The van der Waals surface area contributed by atoms with Crippen molar-refractivity contribution in [2.24, 2.45) is 19.2 Å². The second-order valence-electron chi connectivity index (χ2n) is 7.32. The summed E-state index contributed by atoms with van der Waals surface area (Å²) in [4.78, 5) is 29.7. The van der Waals surface area contributed by atoms with Crippen LogP contribution >= 0.6 is 0 Å². The minimum Gasteiger partial charge on any atom is -0.504 e. The summed E-state index contributed by atoms with van der Waals surface area (Å²) < 4.78 is 4.08. The molecule has 0 fully saturated rings. The number of aryl methyl sites for hydroxylation is 3. The Labute approximate surface area is 182 Å². The van der Waals surface area contributed by atoms with E-state index >= 15 is 0 Å². The van der Waals surface area contributed by atoms with Crippen LogP contribution in [0.25, 0.3) is 11.2 Å². The first-order valence-corrected chi connectivity index (χ1v) is 9.88. The average molecular weight is 434 g/mol. The number of imidazole rings is 1. The normalized spacial score (nSPS) is 11.4. The quantitative estimate of drug-likeness (QED) is 0.240. The van der Waals surface area contributed by atoms with Gasteiger partial charge in [-0.05, 0) is 35.7 Å². The summed E-state index contributed by atoms with van der Waals surface area (Å²) in [6.07, 6.45) is 2.08. The van der Waals surface area contributed by atoms with E-state index in [2.05, 4.69) is 15.5 Å². The number of phenols is 2. The first-order chi connectivity index (χ1) is 15.4. The molecule has 2 aromatic heterocycles. The molecule has 4 rings (SSSR count). The Morgan fingerprint density at radius 2 is 1.78 bits per heavy atom. The van der Waals surface area contributed by atoms with Gasteiger partial charge in [-0.1, -0.05) is 30.3 Å². The van der Waals surface area contributed by atoms with Crippen LogP contribution in [0.1, 0.15) is 11.1 Å². The number of hydrogen-bond donors (Lipinski definition) is 3. The van der Waals surface area contributed by atoms with Gasteiger partial charge in [-0.25, -0.2) is 10.2 Å². The van der Waals surface area contributed by atoms with Crippen LogP contribution in [0.4, 0.5) is 5.95 Å². The van der Waals surface area contributed by atoms with Crippen LogP contribution in [-0.4, -0.2) is 35.1 Å². The number of nitrogens with zero attached hydrogens (tertiary/aromatic N) is 5. The third-order valence-electron chi connectivity index (χ3n) is 5.19. The Hall–Kier alpha value is -4.34. The Bertz CT molecular complexity index is 1430. The highest BCUT2D eigenvalue weighted by molar-refractivity contribution is 5.81. The number of hydrazone groups is 1. The molecule has 164 valence electrons.